The Labute approximate surface area is 183 Å². The van der Waals surface area contributed by atoms with Gasteiger partial charge in [-0.3, -0.25) is 9.36 Å². The van der Waals surface area contributed by atoms with Gasteiger partial charge in [0.15, 0.2) is 10.9 Å². The number of hydrogen-bond donors (Lipinski definition) is 0. The van der Waals surface area contributed by atoms with Crippen molar-refractivity contribution >= 4 is 23.4 Å². The minimum Gasteiger partial charge on any atom is -0.495 e. The molecule has 0 fully saturated rings. The molecular weight excluding hydrogens is 412 g/mol. The van der Waals surface area contributed by atoms with Gasteiger partial charge >= 0.3 is 0 Å². The maximum Gasteiger partial charge on any atom is 0.237 e. The van der Waals surface area contributed by atoms with E-state index in [0.717, 1.165) is 17.8 Å². The SMILES string of the molecule is COc1ccccc1-n1c(SCC(=O)N2CCc3ccccc32)nnc1-c1ccco1. The molecule has 0 N–H and O–H groups in total. The van der Waals surface area contributed by atoms with Crippen LogP contribution in [0.2, 0.25) is 0 Å². The molecule has 4 aromatic rings. The van der Waals surface area contributed by atoms with Crippen LogP contribution < -0.4 is 9.64 Å². The summed E-state index contributed by atoms with van der Waals surface area (Å²) in [4.78, 5) is 14.8. The Balaban J connectivity index is 1.45. The fourth-order valence-electron chi connectivity index (χ4n) is 3.76. The highest BCUT2D eigenvalue weighted by Crippen LogP contribution is 2.33. The Morgan fingerprint density at radius 2 is 1.87 bits per heavy atom. The van der Waals surface area contributed by atoms with Crippen molar-refractivity contribution in [1.29, 1.82) is 0 Å². The summed E-state index contributed by atoms with van der Waals surface area (Å²) in [6.07, 6.45) is 2.48. The van der Waals surface area contributed by atoms with Crippen LogP contribution in [0.4, 0.5) is 5.69 Å². The number of nitrogens with zero attached hydrogens (tertiary/aromatic N) is 4. The summed E-state index contributed by atoms with van der Waals surface area (Å²) in [5.74, 6) is 2.11. The van der Waals surface area contributed by atoms with Crippen LogP contribution in [0.5, 0.6) is 5.75 Å². The maximum absolute atomic E-state index is 13.0. The summed E-state index contributed by atoms with van der Waals surface area (Å²) in [7, 11) is 1.62. The number of aromatic nitrogens is 3. The van der Waals surface area contributed by atoms with E-state index >= 15 is 0 Å². The highest BCUT2D eigenvalue weighted by Gasteiger charge is 2.26. The highest BCUT2D eigenvalue weighted by molar-refractivity contribution is 7.99. The van der Waals surface area contributed by atoms with Gasteiger partial charge in [0.2, 0.25) is 11.7 Å². The smallest absolute Gasteiger partial charge is 0.237 e. The number of thioether (sulfide) groups is 1. The van der Waals surface area contributed by atoms with Gasteiger partial charge in [-0.15, -0.1) is 10.2 Å². The second kappa shape index (κ2) is 8.31. The molecule has 8 heteroatoms. The number of anilines is 1. The van der Waals surface area contributed by atoms with E-state index < -0.39 is 0 Å². The first-order valence-electron chi connectivity index (χ1n) is 9.90. The van der Waals surface area contributed by atoms with Crippen LogP contribution in [0.1, 0.15) is 5.56 Å². The normalized spacial score (nSPS) is 12.7. The van der Waals surface area contributed by atoms with Crippen LogP contribution in [0, 0.1) is 0 Å². The number of carbonyl (C=O) groups excluding carboxylic acids is 1. The number of hydrogen-bond acceptors (Lipinski definition) is 6. The zero-order chi connectivity index (χ0) is 21.2. The van der Waals surface area contributed by atoms with Crippen molar-refractivity contribution in [1.82, 2.24) is 14.8 Å². The fourth-order valence-corrected chi connectivity index (χ4v) is 4.58. The van der Waals surface area contributed by atoms with Crippen molar-refractivity contribution in [2.45, 2.75) is 11.6 Å². The average molecular weight is 433 g/mol. The van der Waals surface area contributed by atoms with Gasteiger partial charge in [-0.25, -0.2) is 0 Å². The number of para-hydroxylation sites is 3. The van der Waals surface area contributed by atoms with Gasteiger partial charge < -0.3 is 14.1 Å². The molecule has 3 heterocycles. The van der Waals surface area contributed by atoms with Crippen LogP contribution in [0.3, 0.4) is 0 Å². The molecule has 1 amide bonds. The first-order valence-corrected chi connectivity index (χ1v) is 10.9. The topological polar surface area (TPSA) is 73.4 Å². The third kappa shape index (κ3) is 3.59. The third-order valence-corrected chi connectivity index (χ3v) is 6.13. The van der Waals surface area contributed by atoms with Gasteiger partial charge in [0, 0.05) is 12.2 Å². The number of furan rings is 1. The number of methoxy groups -OCH3 is 1. The van der Waals surface area contributed by atoms with Crippen molar-refractivity contribution in [3.8, 4) is 23.0 Å². The number of carbonyl (C=O) groups is 1. The van der Waals surface area contributed by atoms with Gasteiger partial charge in [0.25, 0.3) is 0 Å². The number of rotatable bonds is 6. The summed E-state index contributed by atoms with van der Waals surface area (Å²) in [5.41, 5.74) is 2.98. The highest BCUT2D eigenvalue weighted by atomic mass is 32.2. The van der Waals surface area contributed by atoms with Crippen molar-refractivity contribution in [3.63, 3.8) is 0 Å². The molecule has 156 valence electrons. The van der Waals surface area contributed by atoms with E-state index in [2.05, 4.69) is 16.3 Å². The van der Waals surface area contributed by atoms with Crippen LogP contribution in [-0.2, 0) is 11.2 Å². The van der Waals surface area contributed by atoms with Gasteiger partial charge in [0.1, 0.15) is 5.75 Å². The quantitative estimate of drug-likeness (QED) is 0.425. The molecule has 0 bridgehead atoms. The Morgan fingerprint density at radius 3 is 2.68 bits per heavy atom. The molecule has 7 nitrogen and oxygen atoms in total. The van der Waals surface area contributed by atoms with E-state index in [0.29, 0.717) is 29.0 Å². The van der Waals surface area contributed by atoms with Crippen LogP contribution in [-0.4, -0.2) is 40.1 Å². The Kier molecular flexibility index (Phi) is 5.21. The maximum atomic E-state index is 13.0. The van der Waals surface area contributed by atoms with E-state index in [-0.39, 0.29) is 11.7 Å². The largest absolute Gasteiger partial charge is 0.495 e. The van der Waals surface area contributed by atoms with E-state index in [4.69, 9.17) is 9.15 Å². The van der Waals surface area contributed by atoms with Gasteiger partial charge in [-0.05, 0) is 42.3 Å². The second-order valence-corrected chi connectivity index (χ2v) is 7.95. The van der Waals surface area contributed by atoms with E-state index in [1.807, 2.05) is 58.0 Å². The second-order valence-electron chi connectivity index (χ2n) is 7.00. The molecule has 0 saturated carbocycles. The number of benzene rings is 2. The minimum atomic E-state index is 0.0454. The standard InChI is InChI=1S/C23H20N4O3S/c1-29-19-10-5-4-9-18(19)27-22(20-11-6-14-30-20)24-25-23(27)31-15-21(28)26-13-12-16-7-2-3-8-17(16)26/h2-11,14H,12-13,15H2,1H3. The van der Waals surface area contributed by atoms with Gasteiger partial charge in [-0.2, -0.15) is 0 Å². The van der Waals surface area contributed by atoms with E-state index in [9.17, 15) is 4.79 Å². The number of ether oxygens (including phenoxy) is 1. The summed E-state index contributed by atoms with van der Waals surface area (Å²) < 4.78 is 13.0. The Bertz CT molecular complexity index is 1220. The van der Waals surface area contributed by atoms with Crippen molar-refractivity contribution in [2.24, 2.45) is 0 Å². The van der Waals surface area contributed by atoms with Crippen molar-refractivity contribution < 1.29 is 13.9 Å². The zero-order valence-electron chi connectivity index (χ0n) is 16.9. The number of fused-ring (bicyclic) bond motifs is 1. The van der Waals surface area contributed by atoms with Crippen molar-refractivity contribution in [3.05, 3.63) is 72.5 Å². The molecule has 0 unspecified atom stereocenters. The number of amides is 1. The lowest BCUT2D eigenvalue weighted by molar-refractivity contribution is -0.116. The van der Waals surface area contributed by atoms with Crippen LogP contribution in [0.25, 0.3) is 17.3 Å². The molecule has 2 aromatic heterocycles. The summed E-state index contributed by atoms with van der Waals surface area (Å²) in [6, 6.07) is 19.3. The fraction of sp³-hybridized carbons (Fsp3) is 0.174. The first-order chi connectivity index (χ1) is 15.3. The Hall–Kier alpha value is -3.52. The molecule has 1 aliphatic heterocycles. The monoisotopic (exact) mass is 432 g/mol. The molecule has 0 radical (unpaired) electrons. The molecule has 5 rings (SSSR count). The lowest BCUT2D eigenvalue weighted by Gasteiger charge is -2.17. The molecular formula is C23H20N4O3S. The minimum absolute atomic E-state index is 0.0454. The molecule has 0 spiro atoms. The van der Waals surface area contributed by atoms with E-state index in [1.165, 1.54) is 17.3 Å². The first kappa shape index (κ1) is 19.4. The molecule has 2 aromatic carbocycles. The predicted molar refractivity (Wildman–Crippen MR) is 119 cm³/mol. The lowest BCUT2D eigenvalue weighted by Crippen LogP contribution is -2.30. The summed E-state index contributed by atoms with van der Waals surface area (Å²) in [6.45, 7) is 0.704. The summed E-state index contributed by atoms with van der Waals surface area (Å²) >= 11 is 1.35. The predicted octanol–water partition coefficient (Wildman–Crippen LogP) is 4.22. The van der Waals surface area contributed by atoms with Gasteiger partial charge in [0.05, 0.1) is 24.8 Å². The molecule has 0 saturated heterocycles. The summed E-state index contributed by atoms with van der Waals surface area (Å²) in [5, 5.41) is 9.29. The third-order valence-electron chi connectivity index (χ3n) is 5.21. The van der Waals surface area contributed by atoms with Crippen LogP contribution >= 0.6 is 11.8 Å². The van der Waals surface area contributed by atoms with Gasteiger partial charge in [-0.1, -0.05) is 42.1 Å². The lowest BCUT2D eigenvalue weighted by atomic mass is 10.2. The molecule has 0 aliphatic carbocycles. The zero-order valence-corrected chi connectivity index (χ0v) is 17.7. The van der Waals surface area contributed by atoms with Crippen molar-refractivity contribution in [2.75, 3.05) is 24.3 Å². The average Bonchev–Trinajstić information content (AvgIpc) is 3.56. The molecule has 0 atom stereocenters. The Morgan fingerprint density at radius 1 is 1.06 bits per heavy atom. The molecule has 1 aliphatic rings. The van der Waals surface area contributed by atoms with E-state index in [1.54, 1.807) is 19.4 Å². The van der Waals surface area contributed by atoms with Crippen LogP contribution in [0.15, 0.2) is 76.5 Å². The molecule has 31 heavy (non-hydrogen) atoms.